The minimum absolute atomic E-state index is 0.106. The summed E-state index contributed by atoms with van der Waals surface area (Å²) >= 11 is 3.26. The second-order valence-electron chi connectivity index (χ2n) is 3.04. The van der Waals surface area contributed by atoms with Gasteiger partial charge in [0, 0.05) is 11.5 Å². The van der Waals surface area contributed by atoms with Gasteiger partial charge in [0.25, 0.3) is 0 Å². The summed E-state index contributed by atoms with van der Waals surface area (Å²) in [5, 5.41) is 22.7. The summed E-state index contributed by atoms with van der Waals surface area (Å²) in [4.78, 5) is 10.5. The van der Waals surface area contributed by atoms with Crippen molar-refractivity contribution in [3.05, 3.63) is 22.8 Å². The zero-order chi connectivity index (χ0) is 11.0. The van der Waals surface area contributed by atoms with E-state index in [4.69, 9.17) is 5.11 Å². The molecule has 0 fully saturated rings. The summed E-state index contributed by atoms with van der Waals surface area (Å²) in [6.45, 7) is -0.212. The lowest BCUT2D eigenvalue weighted by Gasteiger charge is -1.96. The number of aromatic hydroxyl groups is 1. The van der Waals surface area contributed by atoms with Crippen LogP contribution < -0.4 is 0 Å². The first-order valence-corrected chi connectivity index (χ1v) is 4.94. The molecule has 0 atom stereocenters. The van der Waals surface area contributed by atoms with Gasteiger partial charge >= 0.3 is 5.97 Å². The number of aromatic nitrogens is 2. The number of carboxylic acid groups (broad SMARTS) is 1. The van der Waals surface area contributed by atoms with Crippen molar-refractivity contribution in [1.82, 2.24) is 9.78 Å². The summed E-state index contributed by atoms with van der Waals surface area (Å²) in [7, 11) is 0. The van der Waals surface area contributed by atoms with E-state index in [1.165, 1.54) is 16.8 Å². The van der Waals surface area contributed by atoms with Crippen LogP contribution in [0.15, 0.2) is 22.8 Å². The van der Waals surface area contributed by atoms with Crippen molar-refractivity contribution in [1.29, 1.82) is 0 Å². The van der Waals surface area contributed by atoms with E-state index in [2.05, 4.69) is 21.0 Å². The number of hydrogen-bond acceptors (Lipinski definition) is 3. The van der Waals surface area contributed by atoms with Crippen molar-refractivity contribution in [2.45, 2.75) is 6.54 Å². The molecule has 0 aliphatic rings. The van der Waals surface area contributed by atoms with Crippen molar-refractivity contribution in [2.75, 3.05) is 0 Å². The number of carboxylic acids is 1. The van der Waals surface area contributed by atoms with E-state index in [0.717, 1.165) is 5.39 Å². The first kappa shape index (κ1) is 9.97. The molecule has 0 amide bonds. The number of aliphatic carboxylic acids is 1. The Kier molecular flexibility index (Phi) is 2.36. The minimum atomic E-state index is -0.965. The Labute approximate surface area is 93.1 Å². The molecule has 2 N–H and O–H groups in total. The molecule has 6 heteroatoms. The maximum atomic E-state index is 10.5. The molecule has 0 unspecified atom stereocenters. The summed E-state index contributed by atoms with van der Waals surface area (Å²) in [5.74, 6) is -0.859. The number of carbonyl (C=O) groups is 1. The van der Waals surface area contributed by atoms with Gasteiger partial charge in [0.1, 0.15) is 16.9 Å². The van der Waals surface area contributed by atoms with Crippen LogP contribution in [0, 0.1) is 0 Å². The van der Waals surface area contributed by atoms with Crippen LogP contribution in [0.5, 0.6) is 5.75 Å². The molecule has 5 nitrogen and oxygen atoms in total. The highest BCUT2D eigenvalue weighted by molar-refractivity contribution is 9.10. The summed E-state index contributed by atoms with van der Waals surface area (Å²) in [6.07, 6.45) is 0. The first-order chi connectivity index (χ1) is 7.08. The van der Waals surface area contributed by atoms with Crippen LogP contribution in [-0.2, 0) is 11.3 Å². The van der Waals surface area contributed by atoms with E-state index in [-0.39, 0.29) is 12.3 Å². The molecule has 0 saturated carbocycles. The fraction of sp³-hybridized carbons (Fsp3) is 0.111. The predicted octanol–water partition coefficient (Wildman–Crippen LogP) is 1.59. The number of rotatable bonds is 2. The lowest BCUT2D eigenvalue weighted by atomic mass is 10.2. The molecule has 0 aliphatic heterocycles. The van der Waals surface area contributed by atoms with Gasteiger partial charge in [-0.05, 0) is 28.1 Å². The number of hydrogen-bond donors (Lipinski definition) is 2. The Bertz CT molecular complexity index is 535. The summed E-state index contributed by atoms with van der Waals surface area (Å²) in [6, 6.07) is 4.69. The zero-order valence-electron chi connectivity index (χ0n) is 7.51. The van der Waals surface area contributed by atoms with E-state index in [9.17, 15) is 9.90 Å². The molecule has 1 aromatic heterocycles. The summed E-state index contributed by atoms with van der Waals surface area (Å²) < 4.78 is 1.92. The maximum absolute atomic E-state index is 10.5. The number of nitrogens with zero attached hydrogens (tertiary/aromatic N) is 2. The molecule has 78 valence electrons. The van der Waals surface area contributed by atoms with Gasteiger partial charge in [-0.15, -0.1) is 0 Å². The highest BCUT2D eigenvalue weighted by Crippen LogP contribution is 2.26. The molecule has 1 heterocycles. The smallest absolute Gasteiger partial charge is 0.325 e. The van der Waals surface area contributed by atoms with Crippen molar-refractivity contribution in [3.63, 3.8) is 0 Å². The lowest BCUT2D eigenvalue weighted by molar-refractivity contribution is -0.137. The van der Waals surface area contributed by atoms with E-state index < -0.39 is 5.97 Å². The molecule has 0 radical (unpaired) electrons. The van der Waals surface area contributed by atoms with E-state index in [1.54, 1.807) is 6.07 Å². The topological polar surface area (TPSA) is 75.3 Å². The Morgan fingerprint density at radius 1 is 1.53 bits per heavy atom. The average Bonchev–Trinajstić information content (AvgIpc) is 2.42. The molecule has 2 rings (SSSR count). The van der Waals surface area contributed by atoms with Gasteiger partial charge in [-0.25, -0.2) is 4.68 Å². The van der Waals surface area contributed by atoms with Gasteiger partial charge in [0.15, 0.2) is 0 Å². The standard InChI is InChI=1S/C9H7BrN2O3/c10-9-6-2-1-5(13)3-7(6)11-12(9)4-8(14)15/h1-3,13H,4H2,(H,14,15). The monoisotopic (exact) mass is 270 g/mol. The fourth-order valence-electron chi connectivity index (χ4n) is 1.32. The molecule has 0 bridgehead atoms. The predicted molar refractivity (Wildman–Crippen MR) is 56.7 cm³/mol. The van der Waals surface area contributed by atoms with Crippen LogP contribution >= 0.6 is 15.9 Å². The molecule has 15 heavy (non-hydrogen) atoms. The van der Waals surface area contributed by atoms with Crippen molar-refractivity contribution in [3.8, 4) is 5.75 Å². The Hall–Kier alpha value is -1.56. The van der Waals surface area contributed by atoms with Gasteiger partial charge in [-0.1, -0.05) is 0 Å². The van der Waals surface area contributed by atoms with E-state index in [0.29, 0.717) is 10.1 Å². The number of fused-ring (bicyclic) bond motifs is 1. The lowest BCUT2D eigenvalue weighted by Crippen LogP contribution is -2.09. The first-order valence-electron chi connectivity index (χ1n) is 4.15. The molecule has 1 aromatic carbocycles. The average molecular weight is 271 g/mol. The number of phenolic OH excluding ortho intramolecular Hbond substituents is 1. The van der Waals surface area contributed by atoms with Gasteiger partial charge in [0.05, 0.1) is 5.52 Å². The molecular weight excluding hydrogens is 264 g/mol. The second kappa shape index (κ2) is 3.54. The van der Waals surface area contributed by atoms with Gasteiger partial charge in [-0.2, -0.15) is 5.10 Å². The Morgan fingerprint density at radius 3 is 2.93 bits per heavy atom. The fourth-order valence-corrected chi connectivity index (χ4v) is 1.86. The number of halogens is 1. The van der Waals surface area contributed by atoms with E-state index >= 15 is 0 Å². The van der Waals surface area contributed by atoms with Gasteiger partial charge < -0.3 is 10.2 Å². The molecule has 0 saturated heterocycles. The van der Waals surface area contributed by atoms with Crippen LogP contribution in [-0.4, -0.2) is 26.0 Å². The largest absolute Gasteiger partial charge is 0.508 e. The Morgan fingerprint density at radius 2 is 2.27 bits per heavy atom. The third-order valence-electron chi connectivity index (χ3n) is 1.94. The number of phenols is 1. The van der Waals surface area contributed by atoms with Crippen LogP contribution in [0.25, 0.3) is 10.9 Å². The third kappa shape index (κ3) is 1.80. The maximum Gasteiger partial charge on any atom is 0.325 e. The third-order valence-corrected chi connectivity index (χ3v) is 2.78. The SMILES string of the molecule is O=C(O)Cn1nc2cc(O)ccc2c1Br. The highest BCUT2D eigenvalue weighted by atomic mass is 79.9. The molecule has 0 aliphatic carbocycles. The van der Waals surface area contributed by atoms with Crippen molar-refractivity contribution >= 4 is 32.8 Å². The van der Waals surface area contributed by atoms with Crippen molar-refractivity contribution < 1.29 is 15.0 Å². The molecule has 2 aromatic rings. The van der Waals surface area contributed by atoms with E-state index in [1.807, 2.05) is 0 Å². The number of benzene rings is 1. The summed E-state index contributed by atoms with van der Waals surface area (Å²) in [5.41, 5.74) is 0.558. The van der Waals surface area contributed by atoms with Crippen LogP contribution in [0.2, 0.25) is 0 Å². The van der Waals surface area contributed by atoms with Crippen LogP contribution in [0.1, 0.15) is 0 Å². The second-order valence-corrected chi connectivity index (χ2v) is 3.79. The molecular formula is C9H7BrN2O3. The van der Waals surface area contributed by atoms with Gasteiger partial charge in [0.2, 0.25) is 0 Å². The quantitative estimate of drug-likeness (QED) is 0.869. The Balaban J connectivity index is 2.58. The zero-order valence-corrected chi connectivity index (χ0v) is 9.10. The van der Waals surface area contributed by atoms with Crippen LogP contribution in [0.4, 0.5) is 0 Å². The van der Waals surface area contributed by atoms with Gasteiger partial charge in [-0.3, -0.25) is 4.79 Å². The highest BCUT2D eigenvalue weighted by Gasteiger charge is 2.11. The minimum Gasteiger partial charge on any atom is -0.508 e. The van der Waals surface area contributed by atoms with Crippen molar-refractivity contribution in [2.24, 2.45) is 0 Å². The normalized spacial score (nSPS) is 10.7. The molecule has 0 spiro atoms. The van der Waals surface area contributed by atoms with Crippen LogP contribution in [0.3, 0.4) is 0 Å².